The predicted molar refractivity (Wildman–Crippen MR) is 81.2 cm³/mol. The minimum atomic E-state index is -0.959. The number of hydrogen-bond donors (Lipinski definition) is 2. The zero-order valence-electron chi connectivity index (χ0n) is 12.6. The van der Waals surface area contributed by atoms with Gasteiger partial charge in [-0.05, 0) is 19.3 Å². The van der Waals surface area contributed by atoms with Gasteiger partial charge in [0.05, 0.1) is 17.5 Å². The number of thioether (sulfide) groups is 1. The van der Waals surface area contributed by atoms with Crippen LogP contribution in [0.25, 0.3) is 0 Å². The number of aliphatic carboxylic acids is 1. The highest BCUT2D eigenvalue weighted by Gasteiger charge is 2.43. The summed E-state index contributed by atoms with van der Waals surface area (Å²) < 4.78 is 0. The van der Waals surface area contributed by atoms with Crippen molar-refractivity contribution in [3.05, 3.63) is 0 Å². The van der Waals surface area contributed by atoms with E-state index < -0.39 is 17.6 Å². The van der Waals surface area contributed by atoms with Crippen molar-refractivity contribution in [1.29, 1.82) is 0 Å². The first-order valence-corrected chi connectivity index (χ1v) is 8.53. The molecular formula is C14H24N2O4S. The molecule has 21 heavy (non-hydrogen) atoms. The molecule has 1 aliphatic carbocycles. The van der Waals surface area contributed by atoms with Crippen LogP contribution in [0, 0.1) is 0 Å². The first-order chi connectivity index (χ1) is 9.88. The topological polar surface area (TPSA) is 81.1 Å². The fourth-order valence-corrected chi connectivity index (χ4v) is 4.56. The largest absolute Gasteiger partial charge is 0.480 e. The molecular weight excluding hydrogens is 292 g/mol. The van der Waals surface area contributed by atoms with Crippen LogP contribution in [0.2, 0.25) is 0 Å². The molecule has 2 fully saturated rings. The van der Waals surface area contributed by atoms with E-state index >= 15 is 0 Å². The summed E-state index contributed by atoms with van der Waals surface area (Å²) in [5.74, 6) is -0.530. The Morgan fingerprint density at radius 2 is 2.00 bits per heavy atom. The van der Waals surface area contributed by atoms with Gasteiger partial charge in [0, 0.05) is 12.8 Å². The number of urea groups is 1. The smallest absolute Gasteiger partial charge is 0.327 e. The van der Waals surface area contributed by atoms with Gasteiger partial charge in [0.1, 0.15) is 6.04 Å². The van der Waals surface area contributed by atoms with Gasteiger partial charge in [0.25, 0.3) is 0 Å². The summed E-state index contributed by atoms with van der Waals surface area (Å²) in [7, 11) is 1.65. The van der Waals surface area contributed by atoms with Crippen LogP contribution in [0.1, 0.15) is 39.0 Å². The van der Waals surface area contributed by atoms with E-state index in [9.17, 15) is 19.8 Å². The Labute approximate surface area is 129 Å². The minimum Gasteiger partial charge on any atom is -0.480 e. The van der Waals surface area contributed by atoms with E-state index in [1.807, 2.05) is 6.92 Å². The molecule has 2 N–H and O–H groups in total. The summed E-state index contributed by atoms with van der Waals surface area (Å²) in [6.45, 7) is 2.22. The zero-order valence-corrected chi connectivity index (χ0v) is 13.4. The molecule has 6 nitrogen and oxygen atoms in total. The molecule has 1 heterocycles. The molecule has 2 aliphatic rings. The van der Waals surface area contributed by atoms with Crippen LogP contribution in [0.4, 0.5) is 4.79 Å². The number of rotatable bonds is 4. The van der Waals surface area contributed by atoms with E-state index in [4.69, 9.17) is 0 Å². The molecule has 0 spiro atoms. The lowest BCUT2D eigenvalue weighted by Crippen LogP contribution is -2.53. The summed E-state index contributed by atoms with van der Waals surface area (Å²) in [5.41, 5.74) is -0.808. The van der Waals surface area contributed by atoms with Crippen molar-refractivity contribution in [2.24, 2.45) is 0 Å². The molecule has 2 amide bonds. The van der Waals surface area contributed by atoms with Gasteiger partial charge in [0.15, 0.2) is 0 Å². The number of carboxylic acids is 1. The molecule has 0 aromatic rings. The number of hydrogen-bond acceptors (Lipinski definition) is 4. The van der Waals surface area contributed by atoms with E-state index in [0.29, 0.717) is 18.6 Å². The monoisotopic (exact) mass is 316 g/mol. The summed E-state index contributed by atoms with van der Waals surface area (Å²) in [6.07, 6.45) is 4.09. The van der Waals surface area contributed by atoms with Gasteiger partial charge in [-0.3, -0.25) is 4.90 Å². The predicted octanol–water partition coefficient (Wildman–Crippen LogP) is 1.58. The molecule has 2 atom stereocenters. The Balaban J connectivity index is 2.06. The number of carbonyl (C=O) groups excluding carboxylic acids is 1. The SMILES string of the molecule is CCC1SCC(C(=O)O)N1C(=O)N(C)CC1(O)CCCC1. The highest BCUT2D eigenvalue weighted by atomic mass is 32.2. The van der Waals surface area contributed by atoms with Crippen LogP contribution in [0.3, 0.4) is 0 Å². The number of aliphatic hydroxyl groups is 1. The Kier molecular flexibility index (Phi) is 5.03. The van der Waals surface area contributed by atoms with Gasteiger partial charge < -0.3 is 15.1 Å². The summed E-state index contributed by atoms with van der Waals surface area (Å²) in [6, 6.07) is -1.06. The number of nitrogens with zero attached hydrogens (tertiary/aromatic N) is 2. The maximum atomic E-state index is 12.6. The Hall–Kier alpha value is -0.950. The average Bonchev–Trinajstić information content (AvgIpc) is 3.03. The van der Waals surface area contributed by atoms with E-state index in [1.165, 1.54) is 21.6 Å². The fourth-order valence-electron chi connectivity index (χ4n) is 3.22. The quantitative estimate of drug-likeness (QED) is 0.823. The molecule has 1 saturated heterocycles. The van der Waals surface area contributed by atoms with Gasteiger partial charge in [-0.1, -0.05) is 19.8 Å². The van der Waals surface area contributed by atoms with Crippen molar-refractivity contribution in [2.75, 3.05) is 19.3 Å². The Morgan fingerprint density at radius 1 is 1.38 bits per heavy atom. The van der Waals surface area contributed by atoms with Crippen molar-refractivity contribution >= 4 is 23.8 Å². The lowest BCUT2D eigenvalue weighted by molar-refractivity contribution is -0.141. The molecule has 0 radical (unpaired) electrons. The van der Waals surface area contributed by atoms with Crippen molar-refractivity contribution in [3.63, 3.8) is 0 Å². The van der Waals surface area contributed by atoms with Crippen molar-refractivity contribution in [1.82, 2.24) is 9.80 Å². The van der Waals surface area contributed by atoms with E-state index in [-0.39, 0.29) is 17.9 Å². The van der Waals surface area contributed by atoms with Gasteiger partial charge in [-0.25, -0.2) is 9.59 Å². The number of likely N-dealkylation sites (N-methyl/N-ethyl adjacent to an activating group) is 1. The Bertz CT molecular complexity index is 412. The van der Waals surface area contributed by atoms with Crippen LogP contribution >= 0.6 is 11.8 Å². The minimum absolute atomic E-state index is 0.0979. The summed E-state index contributed by atoms with van der Waals surface area (Å²) in [4.78, 5) is 26.9. The molecule has 0 aromatic heterocycles. The third kappa shape index (κ3) is 3.45. The third-order valence-corrected chi connectivity index (χ3v) is 5.79. The first kappa shape index (κ1) is 16.4. The van der Waals surface area contributed by atoms with Gasteiger partial charge in [-0.15, -0.1) is 11.8 Å². The van der Waals surface area contributed by atoms with Crippen LogP contribution in [0.5, 0.6) is 0 Å². The maximum absolute atomic E-state index is 12.6. The molecule has 7 heteroatoms. The van der Waals surface area contributed by atoms with Gasteiger partial charge >= 0.3 is 12.0 Å². The second kappa shape index (κ2) is 6.44. The highest BCUT2D eigenvalue weighted by Crippen LogP contribution is 2.34. The lowest BCUT2D eigenvalue weighted by Gasteiger charge is -2.34. The highest BCUT2D eigenvalue weighted by molar-refractivity contribution is 8.00. The van der Waals surface area contributed by atoms with Crippen molar-refractivity contribution < 1.29 is 19.8 Å². The van der Waals surface area contributed by atoms with Crippen molar-refractivity contribution in [3.8, 4) is 0 Å². The van der Waals surface area contributed by atoms with E-state index in [1.54, 1.807) is 7.05 Å². The summed E-state index contributed by atoms with van der Waals surface area (Å²) >= 11 is 1.51. The number of carbonyl (C=O) groups is 2. The zero-order chi connectivity index (χ0) is 15.6. The molecule has 0 aromatic carbocycles. The van der Waals surface area contributed by atoms with Gasteiger partial charge in [-0.2, -0.15) is 0 Å². The third-order valence-electron chi connectivity index (χ3n) is 4.34. The van der Waals surface area contributed by atoms with E-state index in [0.717, 1.165) is 19.3 Å². The summed E-state index contributed by atoms with van der Waals surface area (Å²) in [5, 5.41) is 19.6. The lowest BCUT2D eigenvalue weighted by atomic mass is 10.0. The number of amides is 2. The second-order valence-corrected chi connectivity index (χ2v) is 7.24. The van der Waals surface area contributed by atoms with Gasteiger partial charge in [0.2, 0.25) is 0 Å². The fraction of sp³-hybridized carbons (Fsp3) is 0.857. The van der Waals surface area contributed by atoms with Crippen LogP contribution in [-0.4, -0.2) is 68.4 Å². The molecule has 2 rings (SSSR count). The molecule has 2 unspecified atom stereocenters. The standard InChI is InChI=1S/C14H24N2O4S/c1-3-11-16(10(8-21-11)12(17)18)13(19)15(2)9-14(20)6-4-5-7-14/h10-11,20H,3-9H2,1-2H3,(H,17,18). The second-order valence-electron chi connectivity index (χ2n) is 6.03. The van der Waals surface area contributed by atoms with Crippen LogP contribution in [-0.2, 0) is 4.79 Å². The van der Waals surface area contributed by atoms with E-state index in [2.05, 4.69) is 0 Å². The van der Waals surface area contributed by atoms with Crippen LogP contribution < -0.4 is 0 Å². The first-order valence-electron chi connectivity index (χ1n) is 7.48. The molecule has 0 bridgehead atoms. The normalized spacial score (nSPS) is 27.9. The molecule has 1 aliphatic heterocycles. The number of carboxylic acid groups (broad SMARTS) is 1. The Morgan fingerprint density at radius 3 is 2.52 bits per heavy atom. The molecule has 120 valence electrons. The average molecular weight is 316 g/mol. The molecule has 1 saturated carbocycles. The van der Waals surface area contributed by atoms with Crippen LogP contribution in [0.15, 0.2) is 0 Å². The maximum Gasteiger partial charge on any atom is 0.327 e. The van der Waals surface area contributed by atoms with Crippen molar-refractivity contribution in [2.45, 2.75) is 56.0 Å².